The normalized spacial score (nSPS) is 22.8. The van der Waals surface area contributed by atoms with E-state index in [0.717, 1.165) is 19.3 Å². The van der Waals surface area contributed by atoms with Gasteiger partial charge in [0.25, 0.3) is 0 Å². The minimum Gasteiger partial charge on any atom is -0.481 e. The molecule has 8 nitrogen and oxygen atoms in total. The summed E-state index contributed by atoms with van der Waals surface area (Å²) in [7, 11) is 0. The van der Waals surface area contributed by atoms with Crippen LogP contribution in [0.4, 0.5) is 4.79 Å². The van der Waals surface area contributed by atoms with E-state index in [9.17, 15) is 14.7 Å². The van der Waals surface area contributed by atoms with Gasteiger partial charge in [-0.3, -0.25) is 4.79 Å². The Kier molecular flexibility index (Phi) is 4.91. The van der Waals surface area contributed by atoms with Crippen LogP contribution in [0.2, 0.25) is 0 Å². The minimum absolute atomic E-state index is 0.146. The van der Waals surface area contributed by atoms with E-state index in [0.29, 0.717) is 18.7 Å². The third-order valence-electron chi connectivity index (χ3n) is 3.46. The molecule has 1 aliphatic rings. The van der Waals surface area contributed by atoms with Gasteiger partial charge < -0.3 is 20.3 Å². The fourth-order valence-electron chi connectivity index (χ4n) is 2.43. The highest BCUT2D eigenvalue weighted by Crippen LogP contribution is 2.23. The third kappa shape index (κ3) is 3.94. The molecule has 2 atom stereocenters. The van der Waals surface area contributed by atoms with Crippen LogP contribution in [0.15, 0.2) is 10.9 Å². The van der Waals surface area contributed by atoms with E-state index in [4.69, 9.17) is 0 Å². The largest absolute Gasteiger partial charge is 0.481 e. The van der Waals surface area contributed by atoms with Crippen LogP contribution in [0, 0.1) is 5.92 Å². The number of carboxylic acid groups (broad SMARTS) is 1. The van der Waals surface area contributed by atoms with Gasteiger partial charge in [-0.05, 0) is 12.8 Å². The van der Waals surface area contributed by atoms with Crippen LogP contribution in [0.25, 0.3) is 0 Å². The molecule has 1 aliphatic carbocycles. The van der Waals surface area contributed by atoms with Gasteiger partial charge in [-0.25, -0.2) is 4.79 Å². The number of carboxylic acids is 1. The summed E-state index contributed by atoms with van der Waals surface area (Å²) < 4.78 is 4.55. The van der Waals surface area contributed by atoms with Crippen molar-refractivity contribution < 1.29 is 19.2 Å². The van der Waals surface area contributed by atoms with Crippen molar-refractivity contribution in [2.24, 2.45) is 5.92 Å². The molecule has 3 N–H and O–H groups in total. The van der Waals surface area contributed by atoms with Crippen LogP contribution >= 0.6 is 0 Å². The van der Waals surface area contributed by atoms with Gasteiger partial charge in [-0.2, -0.15) is 4.98 Å². The molecule has 0 spiro atoms. The van der Waals surface area contributed by atoms with Crippen molar-refractivity contribution in [3.05, 3.63) is 12.2 Å². The minimum atomic E-state index is -0.852. The zero-order valence-electron chi connectivity index (χ0n) is 11.0. The number of hydrogen-bond acceptors (Lipinski definition) is 5. The van der Waals surface area contributed by atoms with Crippen LogP contribution in [-0.2, 0) is 11.3 Å². The maximum Gasteiger partial charge on any atom is 0.315 e. The molecule has 110 valence electrons. The van der Waals surface area contributed by atoms with Gasteiger partial charge >= 0.3 is 12.0 Å². The summed E-state index contributed by atoms with van der Waals surface area (Å²) in [5, 5.41) is 18.1. The molecule has 1 aromatic heterocycles. The highest BCUT2D eigenvalue weighted by Gasteiger charge is 2.30. The van der Waals surface area contributed by atoms with Gasteiger partial charge in [0.15, 0.2) is 5.82 Å². The molecule has 2 amide bonds. The number of nitrogens with zero attached hydrogens (tertiary/aromatic N) is 2. The van der Waals surface area contributed by atoms with Crippen LogP contribution in [0.1, 0.15) is 37.9 Å². The molecule has 2 rings (SSSR count). The molecule has 0 radical (unpaired) electrons. The molecule has 1 fully saturated rings. The molecule has 0 saturated heterocycles. The summed E-state index contributed by atoms with van der Waals surface area (Å²) >= 11 is 0. The first-order valence-corrected chi connectivity index (χ1v) is 6.69. The maximum atomic E-state index is 11.8. The van der Waals surface area contributed by atoms with Crippen molar-refractivity contribution in [2.45, 2.75) is 44.7 Å². The lowest BCUT2D eigenvalue weighted by atomic mass is 9.95. The summed E-state index contributed by atoms with van der Waals surface area (Å²) in [4.78, 5) is 26.8. The Morgan fingerprint density at radius 1 is 1.35 bits per heavy atom. The van der Waals surface area contributed by atoms with E-state index in [1.165, 1.54) is 6.39 Å². The molecule has 1 aromatic rings. The van der Waals surface area contributed by atoms with E-state index in [-0.39, 0.29) is 12.6 Å². The van der Waals surface area contributed by atoms with Gasteiger partial charge in [0.05, 0.1) is 12.5 Å². The lowest BCUT2D eigenvalue weighted by Crippen LogP contribution is -2.47. The number of urea groups is 1. The summed E-state index contributed by atoms with van der Waals surface area (Å²) in [6.45, 7) is 0.146. The average Bonchev–Trinajstić information content (AvgIpc) is 2.82. The van der Waals surface area contributed by atoms with E-state index in [1.54, 1.807) is 0 Å². The van der Waals surface area contributed by atoms with Gasteiger partial charge in [0.2, 0.25) is 6.39 Å². The Bertz CT molecular complexity index is 448. The first kappa shape index (κ1) is 14.3. The van der Waals surface area contributed by atoms with Crippen molar-refractivity contribution in [3.63, 3.8) is 0 Å². The van der Waals surface area contributed by atoms with E-state index >= 15 is 0 Å². The number of hydrogen-bond donors (Lipinski definition) is 3. The highest BCUT2D eigenvalue weighted by atomic mass is 16.5. The molecule has 8 heteroatoms. The zero-order valence-corrected chi connectivity index (χ0v) is 11.0. The Labute approximate surface area is 115 Å². The molecular weight excluding hydrogens is 264 g/mol. The van der Waals surface area contributed by atoms with Crippen LogP contribution < -0.4 is 10.6 Å². The topological polar surface area (TPSA) is 117 Å². The second-order valence-electron chi connectivity index (χ2n) is 4.86. The molecule has 0 aromatic carbocycles. The van der Waals surface area contributed by atoms with Crippen LogP contribution in [-0.4, -0.2) is 33.3 Å². The molecule has 1 saturated carbocycles. The van der Waals surface area contributed by atoms with Crippen molar-refractivity contribution in [1.82, 2.24) is 20.8 Å². The number of amides is 2. The standard InChI is InChI=1S/C12H18N4O4/c17-11(18)8-4-2-1-3-5-9(8)15-12(19)13-6-10-14-7-20-16-10/h7-9H,1-6H2,(H,17,18)(H2,13,15,19). The molecular formula is C12H18N4O4. The first-order valence-electron chi connectivity index (χ1n) is 6.69. The Balaban J connectivity index is 1.85. The van der Waals surface area contributed by atoms with Gasteiger partial charge in [0.1, 0.15) is 0 Å². The second-order valence-corrected chi connectivity index (χ2v) is 4.86. The lowest BCUT2D eigenvalue weighted by molar-refractivity contribution is -0.142. The predicted molar refractivity (Wildman–Crippen MR) is 67.7 cm³/mol. The lowest BCUT2D eigenvalue weighted by Gasteiger charge is -2.22. The Hall–Kier alpha value is -2.12. The fraction of sp³-hybridized carbons (Fsp3) is 0.667. The Morgan fingerprint density at radius 2 is 2.15 bits per heavy atom. The quantitative estimate of drug-likeness (QED) is 0.706. The number of nitrogens with one attached hydrogen (secondary N) is 2. The number of aliphatic carboxylic acids is 1. The average molecular weight is 282 g/mol. The molecule has 0 aliphatic heterocycles. The number of rotatable bonds is 4. The summed E-state index contributed by atoms with van der Waals surface area (Å²) in [5.74, 6) is -1.00. The number of carbonyl (C=O) groups excluding carboxylic acids is 1. The van der Waals surface area contributed by atoms with Crippen LogP contribution in [0.3, 0.4) is 0 Å². The molecule has 1 heterocycles. The van der Waals surface area contributed by atoms with Gasteiger partial charge in [-0.1, -0.05) is 24.4 Å². The van der Waals surface area contributed by atoms with Crippen molar-refractivity contribution in [1.29, 1.82) is 0 Å². The van der Waals surface area contributed by atoms with Crippen LogP contribution in [0.5, 0.6) is 0 Å². The van der Waals surface area contributed by atoms with Gasteiger partial charge in [-0.15, -0.1) is 0 Å². The molecule has 20 heavy (non-hydrogen) atoms. The SMILES string of the molecule is O=C(NCc1ncon1)NC1CCCCCC1C(=O)O. The zero-order chi connectivity index (χ0) is 14.4. The van der Waals surface area contributed by atoms with Crippen molar-refractivity contribution >= 4 is 12.0 Å². The highest BCUT2D eigenvalue weighted by molar-refractivity contribution is 5.76. The van der Waals surface area contributed by atoms with E-state index < -0.39 is 17.9 Å². The molecule has 2 unspecified atom stereocenters. The summed E-state index contributed by atoms with van der Waals surface area (Å²) in [5.41, 5.74) is 0. The maximum absolute atomic E-state index is 11.8. The number of carbonyl (C=O) groups is 2. The Morgan fingerprint density at radius 3 is 2.85 bits per heavy atom. The molecule has 0 bridgehead atoms. The first-order chi connectivity index (χ1) is 9.66. The summed E-state index contributed by atoms with van der Waals surface area (Å²) in [6.07, 6.45) is 5.30. The fourth-order valence-corrected chi connectivity index (χ4v) is 2.43. The summed E-state index contributed by atoms with van der Waals surface area (Å²) in [6, 6.07) is -0.742. The monoisotopic (exact) mass is 282 g/mol. The smallest absolute Gasteiger partial charge is 0.315 e. The third-order valence-corrected chi connectivity index (χ3v) is 3.46. The second kappa shape index (κ2) is 6.88. The van der Waals surface area contributed by atoms with Gasteiger partial charge in [0, 0.05) is 6.04 Å². The number of aromatic nitrogens is 2. The van der Waals surface area contributed by atoms with Crippen molar-refractivity contribution in [2.75, 3.05) is 0 Å². The van der Waals surface area contributed by atoms with E-state index in [1.807, 2.05) is 0 Å². The predicted octanol–water partition coefficient (Wildman–Crippen LogP) is 0.902. The van der Waals surface area contributed by atoms with E-state index in [2.05, 4.69) is 25.3 Å². The van der Waals surface area contributed by atoms with Crippen molar-refractivity contribution in [3.8, 4) is 0 Å².